The van der Waals surface area contributed by atoms with Crippen molar-refractivity contribution >= 4 is 14.3 Å². The Hall–Kier alpha value is -1.25. The topological polar surface area (TPSA) is 74.2 Å². The SMILES string of the molecule is CC(C)[C@@H]1CC[C@@H](C)C[C@@]12OCC[C@@H](C[C@H](OCC[C@H](CC(=O)O)O[Si](C)(C)C(C)(C)C)c1ccccc1)O2. The summed E-state index contributed by atoms with van der Waals surface area (Å²) in [5.74, 6) is 0.161. The third kappa shape index (κ3) is 8.86. The molecule has 1 N–H and O–H groups in total. The summed E-state index contributed by atoms with van der Waals surface area (Å²) in [6, 6.07) is 10.3. The van der Waals surface area contributed by atoms with E-state index in [1.807, 2.05) is 18.2 Å². The van der Waals surface area contributed by atoms with Gasteiger partial charge in [-0.1, -0.05) is 78.3 Å². The highest BCUT2D eigenvalue weighted by Crippen LogP contribution is 2.47. The summed E-state index contributed by atoms with van der Waals surface area (Å²) in [6.45, 7) is 18.9. The van der Waals surface area contributed by atoms with Gasteiger partial charge in [-0.05, 0) is 54.8 Å². The maximum atomic E-state index is 11.6. The maximum absolute atomic E-state index is 11.6. The molecule has 0 aromatic heterocycles. The first kappa shape index (κ1) is 32.3. The molecule has 1 aromatic carbocycles. The fourth-order valence-electron chi connectivity index (χ4n) is 6.01. The average Bonchev–Trinajstić information content (AvgIpc) is 2.82. The molecule has 3 rings (SSSR count). The van der Waals surface area contributed by atoms with Crippen LogP contribution in [0.5, 0.6) is 0 Å². The van der Waals surface area contributed by atoms with Crippen LogP contribution in [0.3, 0.4) is 0 Å². The van der Waals surface area contributed by atoms with Gasteiger partial charge in [0.05, 0.1) is 31.3 Å². The Kier molecular flexibility index (Phi) is 11.3. The molecule has 0 radical (unpaired) electrons. The van der Waals surface area contributed by atoms with Crippen LogP contribution in [-0.2, 0) is 23.4 Å². The molecule has 222 valence electrons. The van der Waals surface area contributed by atoms with E-state index in [1.54, 1.807) is 0 Å². The molecule has 0 bridgehead atoms. The third-order valence-electron chi connectivity index (χ3n) is 9.20. The van der Waals surface area contributed by atoms with E-state index in [0.29, 0.717) is 37.4 Å². The van der Waals surface area contributed by atoms with E-state index in [9.17, 15) is 9.90 Å². The average molecular weight is 563 g/mol. The Morgan fingerprint density at radius 2 is 1.85 bits per heavy atom. The van der Waals surface area contributed by atoms with E-state index in [4.69, 9.17) is 18.6 Å². The predicted octanol–water partition coefficient (Wildman–Crippen LogP) is 7.98. The second-order valence-electron chi connectivity index (χ2n) is 13.8. The van der Waals surface area contributed by atoms with E-state index in [-0.39, 0.29) is 29.8 Å². The number of carboxylic acid groups (broad SMARTS) is 1. The quantitative estimate of drug-likeness (QED) is 0.260. The second kappa shape index (κ2) is 13.6. The Balaban J connectivity index is 1.71. The molecule has 6 nitrogen and oxygen atoms in total. The molecule has 7 heteroatoms. The van der Waals surface area contributed by atoms with E-state index in [1.165, 1.54) is 6.42 Å². The fourth-order valence-corrected chi connectivity index (χ4v) is 7.40. The van der Waals surface area contributed by atoms with Crippen molar-refractivity contribution in [3.05, 3.63) is 35.9 Å². The number of ether oxygens (including phenoxy) is 3. The minimum absolute atomic E-state index is 0.00769. The highest BCUT2D eigenvalue weighted by Gasteiger charge is 2.50. The van der Waals surface area contributed by atoms with Crippen LogP contribution in [0.15, 0.2) is 30.3 Å². The highest BCUT2D eigenvalue weighted by molar-refractivity contribution is 6.74. The van der Waals surface area contributed by atoms with Crippen molar-refractivity contribution in [2.45, 2.75) is 129 Å². The molecule has 1 aromatic rings. The monoisotopic (exact) mass is 562 g/mol. The Labute approximate surface area is 238 Å². The molecule has 39 heavy (non-hydrogen) atoms. The summed E-state index contributed by atoms with van der Waals surface area (Å²) in [6.07, 6.45) is 5.01. The molecule has 1 aliphatic carbocycles. The van der Waals surface area contributed by atoms with Gasteiger partial charge in [0.2, 0.25) is 0 Å². The molecule has 0 amide bonds. The molecule has 0 unspecified atom stereocenters. The van der Waals surface area contributed by atoms with Gasteiger partial charge in [0.1, 0.15) is 0 Å². The van der Waals surface area contributed by atoms with Gasteiger partial charge in [-0.2, -0.15) is 0 Å². The lowest BCUT2D eigenvalue weighted by molar-refractivity contribution is -0.341. The normalized spacial score (nSPS) is 28.0. The lowest BCUT2D eigenvalue weighted by atomic mass is 9.72. The van der Waals surface area contributed by atoms with Crippen molar-refractivity contribution < 1.29 is 28.5 Å². The van der Waals surface area contributed by atoms with Gasteiger partial charge in [-0.25, -0.2) is 0 Å². The van der Waals surface area contributed by atoms with Gasteiger partial charge in [0.25, 0.3) is 0 Å². The number of hydrogen-bond donors (Lipinski definition) is 1. The molecule has 2 aliphatic rings. The zero-order chi connectivity index (χ0) is 28.8. The van der Waals surface area contributed by atoms with E-state index in [2.05, 4.69) is 66.8 Å². The molecular formula is C32H54O6Si. The van der Waals surface area contributed by atoms with Crippen molar-refractivity contribution in [2.75, 3.05) is 13.2 Å². The lowest BCUT2D eigenvalue weighted by Gasteiger charge is -2.51. The van der Waals surface area contributed by atoms with Gasteiger partial charge >= 0.3 is 5.97 Å². The van der Waals surface area contributed by atoms with Crippen molar-refractivity contribution in [1.29, 1.82) is 0 Å². The van der Waals surface area contributed by atoms with Crippen molar-refractivity contribution in [3.8, 4) is 0 Å². The second-order valence-corrected chi connectivity index (χ2v) is 18.6. The van der Waals surface area contributed by atoms with Crippen molar-refractivity contribution in [2.24, 2.45) is 17.8 Å². The molecule has 1 spiro atoms. The van der Waals surface area contributed by atoms with E-state index >= 15 is 0 Å². The van der Waals surface area contributed by atoms with Gasteiger partial charge in [-0.3, -0.25) is 4.79 Å². The largest absolute Gasteiger partial charge is 0.481 e. The van der Waals surface area contributed by atoms with E-state index < -0.39 is 20.1 Å². The van der Waals surface area contributed by atoms with Crippen LogP contribution in [0, 0.1) is 17.8 Å². The molecule has 6 atom stereocenters. The van der Waals surface area contributed by atoms with Crippen LogP contribution >= 0.6 is 0 Å². The smallest absolute Gasteiger partial charge is 0.305 e. The van der Waals surface area contributed by atoms with Gasteiger partial charge in [-0.15, -0.1) is 0 Å². The Bertz CT molecular complexity index is 898. The first-order chi connectivity index (χ1) is 18.2. The van der Waals surface area contributed by atoms with Gasteiger partial charge in [0.15, 0.2) is 14.1 Å². The molecule has 1 saturated carbocycles. The summed E-state index contributed by atoms with van der Waals surface area (Å²) >= 11 is 0. The molecular weight excluding hydrogens is 508 g/mol. The van der Waals surface area contributed by atoms with Crippen molar-refractivity contribution in [3.63, 3.8) is 0 Å². The molecule has 1 heterocycles. The number of hydrogen-bond acceptors (Lipinski definition) is 5. The Morgan fingerprint density at radius 1 is 1.15 bits per heavy atom. The van der Waals surface area contributed by atoms with Crippen molar-refractivity contribution in [1.82, 2.24) is 0 Å². The number of carboxylic acids is 1. The minimum atomic E-state index is -2.11. The number of aliphatic carboxylic acids is 1. The highest BCUT2D eigenvalue weighted by atomic mass is 28.4. The standard InChI is InChI=1S/C32H54O6Si/c1-23(2)28-15-14-24(3)22-32(28)36-19-17-26(37-32)20-29(25-12-10-9-11-13-25)35-18-16-27(21-30(33)34)38-39(7,8)31(4,5)6/h9-13,23-24,26-29H,14-22H2,1-8H3,(H,33,34)/t24-,26+,27-,28+,29+,32+/m1/s1. The van der Waals surface area contributed by atoms with E-state index in [0.717, 1.165) is 31.2 Å². The van der Waals surface area contributed by atoms with Crippen LogP contribution in [0.1, 0.15) is 98.2 Å². The number of carbonyl (C=O) groups is 1. The lowest BCUT2D eigenvalue weighted by Crippen LogP contribution is -2.54. The molecule has 2 fully saturated rings. The van der Waals surface area contributed by atoms with Crippen LogP contribution in [0.2, 0.25) is 18.1 Å². The summed E-state index contributed by atoms with van der Waals surface area (Å²) < 4.78 is 26.4. The molecule has 1 saturated heterocycles. The Morgan fingerprint density at radius 3 is 2.46 bits per heavy atom. The zero-order valence-corrected chi connectivity index (χ0v) is 26.7. The zero-order valence-electron chi connectivity index (χ0n) is 25.7. The first-order valence-electron chi connectivity index (χ1n) is 15.1. The summed E-state index contributed by atoms with van der Waals surface area (Å²) in [4.78, 5) is 11.6. The van der Waals surface area contributed by atoms with Gasteiger partial charge < -0.3 is 23.7 Å². The van der Waals surface area contributed by atoms with Crippen LogP contribution in [-0.4, -0.2) is 50.6 Å². The third-order valence-corrected chi connectivity index (χ3v) is 13.7. The number of benzene rings is 1. The summed E-state index contributed by atoms with van der Waals surface area (Å²) in [7, 11) is -2.11. The van der Waals surface area contributed by atoms with Crippen LogP contribution in [0.4, 0.5) is 0 Å². The maximum Gasteiger partial charge on any atom is 0.305 e. The fraction of sp³-hybridized carbons (Fsp3) is 0.781. The number of rotatable bonds is 12. The minimum Gasteiger partial charge on any atom is -0.481 e. The predicted molar refractivity (Wildman–Crippen MR) is 158 cm³/mol. The van der Waals surface area contributed by atoms with Crippen LogP contribution in [0.25, 0.3) is 0 Å². The van der Waals surface area contributed by atoms with Crippen LogP contribution < -0.4 is 0 Å². The molecule has 1 aliphatic heterocycles. The first-order valence-corrected chi connectivity index (χ1v) is 18.0. The summed E-state index contributed by atoms with van der Waals surface area (Å²) in [5.41, 5.74) is 1.12. The van der Waals surface area contributed by atoms with Gasteiger partial charge in [0, 0.05) is 25.4 Å². The summed E-state index contributed by atoms with van der Waals surface area (Å²) in [5, 5.41) is 9.56.